The predicted octanol–water partition coefficient (Wildman–Crippen LogP) is 3.39. The van der Waals surface area contributed by atoms with Crippen LogP contribution in [0.25, 0.3) is 0 Å². The first-order chi connectivity index (χ1) is 8.16. The van der Waals surface area contributed by atoms with Crippen molar-refractivity contribution in [3.05, 3.63) is 28.5 Å². The molecule has 0 radical (unpaired) electrons. The third kappa shape index (κ3) is 3.42. The third-order valence-corrected chi connectivity index (χ3v) is 3.90. The maximum absolute atomic E-state index is 13.7. The number of hydrogen-bond acceptors (Lipinski definition) is 2. The zero-order chi connectivity index (χ0) is 12.3. The third-order valence-electron chi connectivity index (χ3n) is 3.41. The number of rotatable bonds is 3. The molecule has 4 heteroatoms. The summed E-state index contributed by atoms with van der Waals surface area (Å²) in [6.07, 6.45) is 2.32. The van der Waals surface area contributed by atoms with Gasteiger partial charge in [0.2, 0.25) is 0 Å². The van der Waals surface area contributed by atoms with Gasteiger partial charge in [0, 0.05) is 10.5 Å². The van der Waals surface area contributed by atoms with Gasteiger partial charge in [-0.25, -0.2) is 4.39 Å². The lowest BCUT2D eigenvalue weighted by molar-refractivity contribution is 0.342. The van der Waals surface area contributed by atoms with Gasteiger partial charge in [-0.2, -0.15) is 0 Å². The molecule has 0 aromatic heterocycles. The van der Waals surface area contributed by atoms with Gasteiger partial charge in [-0.15, -0.1) is 0 Å². The lowest BCUT2D eigenvalue weighted by Crippen LogP contribution is -2.36. The number of hydrogen-bond donors (Lipinski definition) is 2. The van der Waals surface area contributed by atoms with E-state index >= 15 is 0 Å². The van der Waals surface area contributed by atoms with Gasteiger partial charge in [-0.1, -0.05) is 15.9 Å². The molecule has 94 valence electrons. The molecule has 17 heavy (non-hydrogen) atoms. The van der Waals surface area contributed by atoms with Crippen molar-refractivity contribution in [3.8, 4) is 0 Å². The fraction of sp³-hybridized carbons (Fsp3) is 0.538. The van der Waals surface area contributed by atoms with Crippen molar-refractivity contribution >= 4 is 21.6 Å². The van der Waals surface area contributed by atoms with Crippen LogP contribution in [0.2, 0.25) is 0 Å². The maximum atomic E-state index is 13.7. The second-order valence-electron chi connectivity index (χ2n) is 4.64. The highest BCUT2D eigenvalue weighted by molar-refractivity contribution is 9.10. The summed E-state index contributed by atoms with van der Waals surface area (Å²) in [7, 11) is 0. The van der Waals surface area contributed by atoms with E-state index in [1.54, 1.807) is 6.07 Å². The van der Waals surface area contributed by atoms with Crippen LogP contribution in [-0.2, 0) is 0 Å². The zero-order valence-corrected chi connectivity index (χ0v) is 11.6. The zero-order valence-electron chi connectivity index (χ0n) is 9.97. The van der Waals surface area contributed by atoms with Crippen molar-refractivity contribution in [3.63, 3.8) is 0 Å². The Labute approximate surface area is 110 Å². The van der Waals surface area contributed by atoms with Crippen molar-refractivity contribution in [1.29, 1.82) is 0 Å². The van der Waals surface area contributed by atoms with Gasteiger partial charge >= 0.3 is 0 Å². The van der Waals surface area contributed by atoms with Crippen molar-refractivity contribution in [2.75, 3.05) is 18.4 Å². The van der Waals surface area contributed by atoms with E-state index in [0.29, 0.717) is 17.6 Å². The smallest absolute Gasteiger partial charge is 0.147 e. The van der Waals surface area contributed by atoms with Gasteiger partial charge in [0.05, 0.1) is 5.69 Å². The van der Waals surface area contributed by atoms with Gasteiger partial charge in [0.15, 0.2) is 0 Å². The van der Waals surface area contributed by atoms with Crippen LogP contribution in [0.5, 0.6) is 0 Å². The lowest BCUT2D eigenvalue weighted by atomic mass is 9.91. The minimum Gasteiger partial charge on any atom is -0.380 e. The summed E-state index contributed by atoms with van der Waals surface area (Å²) in [5.74, 6) is 0.430. The minimum atomic E-state index is -0.194. The number of piperidine rings is 1. The number of benzene rings is 1. The van der Waals surface area contributed by atoms with Crippen LogP contribution in [0.15, 0.2) is 22.7 Å². The molecule has 1 unspecified atom stereocenters. The predicted molar refractivity (Wildman–Crippen MR) is 72.8 cm³/mol. The molecule has 0 spiro atoms. The molecule has 1 aromatic rings. The van der Waals surface area contributed by atoms with Crippen LogP contribution in [0, 0.1) is 11.7 Å². The fourth-order valence-electron chi connectivity index (χ4n) is 2.31. The maximum Gasteiger partial charge on any atom is 0.147 e. The largest absolute Gasteiger partial charge is 0.380 e. The Bertz CT molecular complexity index is 378. The van der Waals surface area contributed by atoms with Gasteiger partial charge in [0.1, 0.15) is 5.82 Å². The first kappa shape index (κ1) is 12.8. The normalized spacial score (nSPS) is 19.0. The van der Waals surface area contributed by atoms with Crippen LogP contribution in [0.1, 0.15) is 19.8 Å². The molecule has 1 heterocycles. The molecule has 1 aliphatic rings. The Morgan fingerprint density at radius 1 is 1.41 bits per heavy atom. The molecule has 2 N–H and O–H groups in total. The fourth-order valence-corrected chi connectivity index (χ4v) is 2.65. The molecule has 1 atom stereocenters. The molecule has 0 bridgehead atoms. The SMILES string of the molecule is CC(Nc1ccc(Br)cc1F)C1CCNCC1. The van der Waals surface area contributed by atoms with Crippen LogP contribution in [0.4, 0.5) is 10.1 Å². The van der Waals surface area contributed by atoms with Gasteiger partial charge in [-0.3, -0.25) is 0 Å². The molecule has 1 aromatic carbocycles. The Morgan fingerprint density at radius 2 is 2.12 bits per heavy atom. The van der Waals surface area contributed by atoms with Gasteiger partial charge in [-0.05, 0) is 57.0 Å². The van der Waals surface area contributed by atoms with Crippen molar-refractivity contribution in [2.45, 2.75) is 25.8 Å². The van der Waals surface area contributed by atoms with Crippen LogP contribution in [-0.4, -0.2) is 19.1 Å². The molecule has 1 aliphatic heterocycles. The summed E-state index contributed by atoms with van der Waals surface area (Å²) in [6.45, 7) is 4.27. The van der Waals surface area contributed by atoms with E-state index in [4.69, 9.17) is 0 Å². The molecule has 1 saturated heterocycles. The molecule has 2 nitrogen and oxygen atoms in total. The highest BCUT2D eigenvalue weighted by atomic mass is 79.9. The Kier molecular flexibility index (Phi) is 4.40. The van der Waals surface area contributed by atoms with Crippen molar-refractivity contribution in [2.24, 2.45) is 5.92 Å². The molecule has 0 amide bonds. The average molecular weight is 301 g/mol. The first-order valence-electron chi connectivity index (χ1n) is 6.09. The molecular weight excluding hydrogens is 283 g/mol. The molecule has 1 fully saturated rings. The first-order valence-corrected chi connectivity index (χ1v) is 6.88. The highest BCUT2D eigenvalue weighted by Gasteiger charge is 2.20. The topological polar surface area (TPSA) is 24.1 Å². The summed E-state index contributed by atoms with van der Waals surface area (Å²) in [6, 6.07) is 5.46. The molecule has 0 aliphatic carbocycles. The molecular formula is C13H18BrFN2. The summed E-state index contributed by atoms with van der Waals surface area (Å²) >= 11 is 3.26. The summed E-state index contributed by atoms with van der Waals surface area (Å²) in [5, 5.41) is 6.63. The van der Waals surface area contributed by atoms with Gasteiger partial charge < -0.3 is 10.6 Å². The average Bonchev–Trinajstić information content (AvgIpc) is 2.34. The summed E-state index contributed by atoms with van der Waals surface area (Å²) in [4.78, 5) is 0. The van der Waals surface area contributed by atoms with Crippen LogP contribution >= 0.6 is 15.9 Å². The monoisotopic (exact) mass is 300 g/mol. The van der Waals surface area contributed by atoms with E-state index in [2.05, 4.69) is 33.5 Å². The lowest BCUT2D eigenvalue weighted by Gasteiger charge is -2.29. The standard InChI is InChI=1S/C13H18BrFN2/c1-9(10-4-6-16-7-5-10)17-13-3-2-11(14)8-12(13)15/h2-3,8-10,16-17H,4-7H2,1H3. The second-order valence-corrected chi connectivity index (χ2v) is 5.56. The number of nitrogens with one attached hydrogen (secondary N) is 2. The van der Waals surface area contributed by atoms with Gasteiger partial charge in [0.25, 0.3) is 0 Å². The minimum absolute atomic E-state index is 0.194. The van der Waals surface area contributed by atoms with E-state index in [9.17, 15) is 4.39 Å². The Balaban J connectivity index is 1.99. The van der Waals surface area contributed by atoms with E-state index in [-0.39, 0.29) is 5.82 Å². The van der Waals surface area contributed by atoms with Crippen LogP contribution < -0.4 is 10.6 Å². The van der Waals surface area contributed by atoms with Crippen LogP contribution in [0.3, 0.4) is 0 Å². The Hall–Kier alpha value is -0.610. The summed E-state index contributed by atoms with van der Waals surface area (Å²) in [5.41, 5.74) is 0.597. The van der Waals surface area contributed by atoms with E-state index in [1.165, 1.54) is 6.07 Å². The number of anilines is 1. The molecule has 2 rings (SSSR count). The number of halogens is 2. The summed E-state index contributed by atoms with van der Waals surface area (Å²) < 4.78 is 14.4. The highest BCUT2D eigenvalue weighted by Crippen LogP contribution is 2.24. The van der Waals surface area contributed by atoms with E-state index in [1.807, 2.05) is 6.07 Å². The second kappa shape index (κ2) is 5.83. The quantitative estimate of drug-likeness (QED) is 0.894. The molecule has 0 saturated carbocycles. The van der Waals surface area contributed by atoms with E-state index in [0.717, 1.165) is 30.4 Å². The van der Waals surface area contributed by atoms with E-state index < -0.39 is 0 Å². The Morgan fingerprint density at radius 3 is 2.76 bits per heavy atom. The van der Waals surface area contributed by atoms with Crippen molar-refractivity contribution < 1.29 is 4.39 Å². The van der Waals surface area contributed by atoms with Crippen molar-refractivity contribution in [1.82, 2.24) is 5.32 Å².